The van der Waals surface area contributed by atoms with Crippen LogP contribution in [0.4, 0.5) is 11.6 Å². The molecule has 0 aromatic carbocycles. The predicted molar refractivity (Wildman–Crippen MR) is 104 cm³/mol. The number of aromatic nitrogens is 6. The van der Waals surface area contributed by atoms with Gasteiger partial charge < -0.3 is 10.2 Å². The molecule has 0 unspecified atom stereocenters. The van der Waals surface area contributed by atoms with Gasteiger partial charge in [0.15, 0.2) is 11.5 Å². The molecule has 0 radical (unpaired) electrons. The van der Waals surface area contributed by atoms with Crippen LogP contribution in [0, 0.1) is 6.92 Å². The highest BCUT2D eigenvalue weighted by atomic mass is 15.4. The molecule has 4 heterocycles. The van der Waals surface area contributed by atoms with Gasteiger partial charge in [-0.2, -0.15) is 9.61 Å². The first-order valence-electron chi connectivity index (χ1n) is 9.25. The minimum absolute atomic E-state index is 0.418. The van der Waals surface area contributed by atoms with Crippen molar-refractivity contribution >= 4 is 17.3 Å². The molecule has 0 spiro atoms. The van der Waals surface area contributed by atoms with Crippen LogP contribution >= 0.6 is 0 Å². The fourth-order valence-corrected chi connectivity index (χ4v) is 3.34. The van der Waals surface area contributed by atoms with E-state index in [0.717, 1.165) is 61.3 Å². The van der Waals surface area contributed by atoms with Gasteiger partial charge in [0, 0.05) is 39.3 Å². The van der Waals surface area contributed by atoms with Gasteiger partial charge in [-0.1, -0.05) is 0 Å². The molecular weight excluding hydrogens is 342 g/mol. The number of anilines is 2. The number of nitrogens with zero attached hydrogens (tertiary/aromatic N) is 8. The lowest BCUT2D eigenvalue weighted by Gasteiger charge is -2.32. The fraction of sp³-hybridized carbons (Fsp3) is 0.500. The third kappa shape index (κ3) is 3.97. The van der Waals surface area contributed by atoms with Gasteiger partial charge >= 0.3 is 0 Å². The maximum absolute atomic E-state index is 4.53. The van der Waals surface area contributed by atoms with Gasteiger partial charge in [-0.3, -0.25) is 4.90 Å². The van der Waals surface area contributed by atoms with Crippen LogP contribution in [0.2, 0.25) is 0 Å². The molecule has 1 aliphatic heterocycles. The van der Waals surface area contributed by atoms with Crippen LogP contribution in [0.15, 0.2) is 24.5 Å². The van der Waals surface area contributed by atoms with Crippen molar-refractivity contribution in [1.82, 2.24) is 34.7 Å². The molecule has 4 rings (SSSR count). The Kier molecular flexibility index (Phi) is 4.85. The van der Waals surface area contributed by atoms with Crippen LogP contribution in [0.3, 0.4) is 0 Å². The lowest BCUT2D eigenvalue weighted by atomic mass is 10.1. The van der Waals surface area contributed by atoms with Crippen molar-refractivity contribution in [2.75, 3.05) is 37.4 Å². The average molecular weight is 367 g/mol. The highest BCUT2D eigenvalue weighted by Gasteiger charge is 2.21. The lowest BCUT2D eigenvalue weighted by Crippen LogP contribution is -2.39. The molecule has 1 aliphatic rings. The number of nitrogens with one attached hydrogen (secondary N) is 1. The first kappa shape index (κ1) is 17.6. The highest BCUT2D eigenvalue weighted by Crippen LogP contribution is 2.18. The van der Waals surface area contributed by atoms with E-state index in [2.05, 4.69) is 35.5 Å². The molecule has 27 heavy (non-hydrogen) atoms. The van der Waals surface area contributed by atoms with Crippen molar-refractivity contribution in [3.8, 4) is 0 Å². The molecular formula is C18H25N9. The maximum atomic E-state index is 4.53. The number of fused-ring (bicyclic) bond motifs is 1. The Bertz CT molecular complexity index is 912. The maximum Gasteiger partial charge on any atom is 0.177 e. The first-order chi connectivity index (χ1) is 13.1. The van der Waals surface area contributed by atoms with Gasteiger partial charge in [0.25, 0.3) is 0 Å². The molecule has 1 fully saturated rings. The van der Waals surface area contributed by atoms with Crippen molar-refractivity contribution in [3.63, 3.8) is 0 Å². The molecule has 142 valence electrons. The Hall–Kier alpha value is -2.81. The zero-order valence-electron chi connectivity index (χ0n) is 16.0. The van der Waals surface area contributed by atoms with Crippen LogP contribution in [0.5, 0.6) is 0 Å². The topological polar surface area (TPSA) is 87.4 Å². The highest BCUT2D eigenvalue weighted by molar-refractivity contribution is 5.47. The third-order valence-electron chi connectivity index (χ3n) is 4.88. The minimum Gasteiger partial charge on any atom is -0.367 e. The van der Waals surface area contributed by atoms with Gasteiger partial charge in [-0.15, -0.1) is 10.2 Å². The summed E-state index contributed by atoms with van der Waals surface area (Å²) >= 11 is 0. The molecule has 1 saturated heterocycles. The van der Waals surface area contributed by atoms with Gasteiger partial charge in [-0.05, 0) is 31.9 Å². The second-order valence-corrected chi connectivity index (χ2v) is 7.21. The van der Waals surface area contributed by atoms with Gasteiger partial charge in [-0.25, -0.2) is 9.97 Å². The summed E-state index contributed by atoms with van der Waals surface area (Å²) in [5, 5.41) is 16.6. The van der Waals surface area contributed by atoms with Crippen LogP contribution < -0.4 is 10.2 Å². The molecule has 3 aromatic rings. The quantitative estimate of drug-likeness (QED) is 0.723. The van der Waals surface area contributed by atoms with Crippen LogP contribution in [-0.2, 0) is 6.54 Å². The fourth-order valence-electron chi connectivity index (χ4n) is 3.34. The number of piperidine rings is 1. The third-order valence-corrected chi connectivity index (χ3v) is 4.88. The van der Waals surface area contributed by atoms with Crippen LogP contribution in [-0.4, -0.2) is 67.9 Å². The second-order valence-electron chi connectivity index (χ2n) is 7.21. The van der Waals surface area contributed by atoms with Crippen molar-refractivity contribution in [3.05, 3.63) is 36.0 Å². The van der Waals surface area contributed by atoms with E-state index < -0.39 is 0 Å². The summed E-state index contributed by atoms with van der Waals surface area (Å²) in [6.45, 7) is 4.76. The average Bonchev–Trinajstić information content (AvgIpc) is 3.05. The van der Waals surface area contributed by atoms with E-state index in [4.69, 9.17) is 0 Å². The van der Waals surface area contributed by atoms with Crippen molar-refractivity contribution in [1.29, 1.82) is 0 Å². The van der Waals surface area contributed by atoms with E-state index in [1.54, 1.807) is 6.33 Å². The zero-order valence-corrected chi connectivity index (χ0v) is 16.0. The van der Waals surface area contributed by atoms with E-state index in [9.17, 15) is 0 Å². The van der Waals surface area contributed by atoms with Gasteiger partial charge in [0.2, 0.25) is 0 Å². The van der Waals surface area contributed by atoms with E-state index >= 15 is 0 Å². The molecule has 0 atom stereocenters. The summed E-state index contributed by atoms with van der Waals surface area (Å²) in [4.78, 5) is 13.0. The Labute approximate surface area is 158 Å². The van der Waals surface area contributed by atoms with Gasteiger partial charge in [0.05, 0.1) is 12.2 Å². The standard InChI is InChI=1S/C18H25N9/c1-13-4-5-16-22-23-18(27(16)24-13)11-26-8-6-14(7-9-26)21-15-10-17(25(2)3)20-12-19-15/h4-5,10,12,14H,6-9,11H2,1-3H3,(H,19,20,21). The molecule has 3 aromatic heterocycles. The Morgan fingerprint density at radius 1 is 1.15 bits per heavy atom. The van der Waals surface area contributed by atoms with Crippen molar-refractivity contribution in [2.24, 2.45) is 0 Å². The van der Waals surface area contributed by atoms with E-state index in [-0.39, 0.29) is 0 Å². The Morgan fingerprint density at radius 2 is 1.96 bits per heavy atom. The summed E-state index contributed by atoms with van der Waals surface area (Å²) in [5.41, 5.74) is 1.76. The summed E-state index contributed by atoms with van der Waals surface area (Å²) in [7, 11) is 3.96. The molecule has 9 heteroatoms. The van der Waals surface area contributed by atoms with Crippen molar-refractivity contribution < 1.29 is 0 Å². The minimum atomic E-state index is 0.418. The zero-order chi connectivity index (χ0) is 18.8. The second kappa shape index (κ2) is 7.43. The Morgan fingerprint density at radius 3 is 2.74 bits per heavy atom. The predicted octanol–water partition coefficient (Wildman–Crippen LogP) is 1.37. The van der Waals surface area contributed by atoms with E-state index in [1.807, 2.05) is 48.6 Å². The molecule has 0 amide bonds. The molecule has 9 nitrogen and oxygen atoms in total. The SMILES string of the molecule is Cc1ccc2nnc(CN3CCC(Nc4cc(N(C)C)ncn4)CC3)n2n1. The summed E-state index contributed by atoms with van der Waals surface area (Å²) in [6.07, 6.45) is 3.73. The summed E-state index contributed by atoms with van der Waals surface area (Å²) < 4.78 is 1.85. The molecule has 1 N–H and O–H groups in total. The summed E-state index contributed by atoms with van der Waals surface area (Å²) in [6, 6.07) is 6.32. The summed E-state index contributed by atoms with van der Waals surface area (Å²) in [5.74, 6) is 2.69. The Balaban J connectivity index is 1.35. The number of likely N-dealkylation sites (tertiary alicyclic amines) is 1. The van der Waals surface area contributed by atoms with E-state index in [1.165, 1.54) is 0 Å². The van der Waals surface area contributed by atoms with Crippen LogP contribution in [0.1, 0.15) is 24.4 Å². The van der Waals surface area contributed by atoms with E-state index in [0.29, 0.717) is 6.04 Å². The largest absolute Gasteiger partial charge is 0.367 e. The monoisotopic (exact) mass is 367 g/mol. The number of aryl methyl sites for hydroxylation is 1. The normalized spacial score (nSPS) is 16.0. The smallest absolute Gasteiger partial charge is 0.177 e. The number of hydrogen-bond acceptors (Lipinski definition) is 8. The number of rotatable bonds is 5. The lowest BCUT2D eigenvalue weighted by molar-refractivity contribution is 0.205. The van der Waals surface area contributed by atoms with Crippen molar-refractivity contribution in [2.45, 2.75) is 32.4 Å². The van der Waals surface area contributed by atoms with Crippen LogP contribution in [0.25, 0.3) is 5.65 Å². The molecule has 0 saturated carbocycles. The van der Waals surface area contributed by atoms with Gasteiger partial charge in [0.1, 0.15) is 18.0 Å². The molecule has 0 aliphatic carbocycles. The number of hydrogen-bond donors (Lipinski definition) is 1. The molecule has 0 bridgehead atoms. The first-order valence-corrected chi connectivity index (χ1v) is 9.25.